The molecule has 0 spiro atoms. The van der Waals surface area contributed by atoms with Crippen LogP contribution in [0.3, 0.4) is 0 Å². The standard InChI is InChI=1S/C13H14N4S2/c1-7-9(3)19-13-11(7)12(14-5-15-13)17-8(2)10-4-18-6-16-10/h4-6,8H,1-3H3,(H,14,15,17). The van der Waals surface area contributed by atoms with Crippen molar-refractivity contribution in [2.45, 2.75) is 26.8 Å². The molecule has 0 radical (unpaired) electrons. The molecule has 3 aromatic heterocycles. The van der Waals surface area contributed by atoms with Gasteiger partial charge in [-0.05, 0) is 26.3 Å². The van der Waals surface area contributed by atoms with Gasteiger partial charge in [-0.1, -0.05) is 0 Å². The maximum absolute atomic E-state index is 4.39. The van der Waals surface area contributed by atoms with Crippen LogP contribution in [0.25, 0.3) is 10.2 Å². The minimum atomic E-state index is 0.143. The van der Waals surface area contributed by atoms with Crippen molar-refractivity contribution in [3.63, 3.8) is 0 Å². The fourth-order valence-corrected chi connectivity index (χ4v) is 3.65. The smallest absolute Gasteiger partial charge is 0.138 e. The van der Waals surface area contributed by atoms with E-state index in [1.807, 2.05) is 5.51 Å². The Kier molecular flexibility index (Phi) is 3.20. The second-order valence-electron chi connectivity index (χ2n) is 4.47. The van der Waals surface area contributed by atoms with Crippen LogP contribution < -0.4 is 5.32 Å². The minimum Gasteiger partial charge on any atom is -0.361 e. The zero-order valence-corrected chi connectivity index (χ0v) is 12.6. The molecule has 6 heteroatoms. The lowest BCUT2D eigenvalue weighted by molar-refractivity contribution is 0.843. The van der Waals surface area contributed by atoms with E-state index < -0.39 is 0 Å². The van der Waals surface area contributed by atoms with Crippen molar-refractivity contribution in [3.05, 3.63) is 33.4 Å². The Balaban J connectivity index is 2.01. The van der Waals surface area contributed by atoms with Crippen LogP contribution in [-0.2, 0) is 0 Å². The number of anilines is 1. The summed E-state index contributed by atoms with van der Waals surface area (Å²) in [4.78, 5) is 15.4. The quantitative estimate of drug-likeness (QED) is 0.794. The van der Waals surface area contributed by atoms with Gasteiger partial charge in [-0.2, -0.15) is 0 Å². The van der Waals surface area contributed by atoms with Gasteiger partial charge in [0.1, 0.15) is 17.0 Å². The highest BCUT2D eigenvalue weighted by Gasteiger charge is 2.14. The van der Waals surface area contributed by atoms with Crippen molar-refractivity contribution >= 4 is 38.7 Å². The van der Waals surface area contributed by atoms with Crippen LogP contribution >= 0.6 is 22.7 Å². The van der Waals surface area contributed by atoms with Crippen LogP contribution in [0.15, 0.2) is 17.2 Å². The van der Waals surface area contributed by atoms with Crippen LogP contribution in [-0.4, -0.2) is 15.0 Å². The van der Waals surface area contributed by atoms with Gasteiger partial charge in [0.05, 0.1) is 22.6 Å². The van der Waals surface area contributed by atoms with Gasteiger partial charge in [-0.15, -0.1) is 22.7 Å². The van der Waals surface area contributed by atoms with Gasteiger partial charge in [0, 0.05) is 10.3 Å². The largest absolute Gasteiger partial charge is 0.361 e. The number of fused-ring (bicyclic) bond motifs is 1. The second-order valence-corrected chi connectivity index (χ2v) is 6.39. The third kappa shape index (κ3) is 2.21. The molecule has 1 atom stereocenters. The molecule has 0 aromatic carbocycles. The molecule has 0 bridgehead atoms. The third-order valence-corrected chi connectivity index (χ3v) is 4.93. The summed E-state index contributed by atoms with van der Waals surface area (Å²) in [6, 6.07) is 0.143. The zero-order valence-electron chi connectivity index (χ0n) is 11.0. The number of aromatic nitrogens is 3. The Morgan fingerprint density at radius 1 is 1.21 bits per heavy atom. The number of thiazole rings is 1. The van der Waals surface area contributed by atoms with Crippen LogP contribution in [0.5, 0.6) is 0 Å². The summed E-state index contributed by atoms with van der Waals surface area (Å²) in [5, 5.41) is 6.63. The van der Waals surface area contributed by atoms with Gasteiger partial charge < -0.3 is 5.32 Å². The lowest BCUT2D eigenvalue weighted by Crippen LogP contribution is -2.08. The number of hydrogen-bond acceptors (Lipinski definition) is 6. The number of nitrogens with zero attached hydrogens (tertiary/aromatic N) is 3. The topological polar surface area (TPSA) is 50.7 Å². The van der Waals surface area contributed by atoms with E-state index in [-0.39, 0.29) is 6.04 Å². The summed E-state index contributed by atoms with van der Waals surface area (Å²) >= 11 is 3.32. The predicted molar refractivity (Wildman–Crippen MR) is 81.0 cm³/mol. The van der Waals surface area contributed by atoms with E-state index in [1.54, 1.807) is 29.0 Å². The molecule has 0 saturated heterocycles. The van der Waals surface area contributed by atoms with E-state index in [0.717, 1.165) is 21.7 Å². The van der Waals surface area contributed by atoms with Crippen LogP contribution in [0, 0.1) is 13.8 Å². The summed E-state index contributed by atoms with van der Waals surface area (Å²) in [7, 11) is 0. The fraction of sp³-hybridized carbons (Fsp3) is 0.308. The molecule has 1 N–H and O–H groups in total. The highest BCUT2D eigenvalue weighted by atomic mass is 32.1. The molecule has 0 fully saturated rings. The zero-order chi connectivity index (χ0) is 13.4. The number of rotatable bonds is 3. The first-order valence-electron chi connectivity index (χ1n) is 6.02. The van der Waals surface area contributed by atoms with Gasteiger partial charge in [0.15, 0.2) is 0 Å². The molecule has 0 aliphatic heterocycles. The molecule has 1 unspecified atom stereocenters. The average Bonchev–Trinajstić information content (AvgIpc) is 3.00. The SMILES string of the molecule is Cc1sc2ncnc(NC(C)c3cscn3)c2c1C. The van der Waals surface area contributed by atoms with E-state index in [2.05, 4.69) is 46.4 Å². The van der Waals surface area contributed by atoms with Crippen molar-refractivity contribution < 1.29 is 0 Å². The van der Waals surface area contributed by atoms with Crippen LogP contribution in [0.4, 0.5) is 5.82 Å². The Hall–Kier alpha value is -1.53. The van der Waals surface area contributed by atoms with Crippen molar-refractivity contribution in [1.29, 1.82) is 0 Å². The van der Waals surface area contributed by atoms with E-state index in [4.69, 9.17) is 0 Å². The summed E-state index contributed by atoms with van der Waals surface area (Å²) in [5.74, 6) is 0.896. The molecule has 3 rings (SSSR count). The highest BCUT2D eigenvalue weighted by molar-refractivity contribution is 7.18. The Morgan fingerprint density at radius 2 is 2.05 bits per heavy atom. The van der Waals surface area contributed by atoms with E-state index in [9.17, 15) is 0 Å². The van der Waals surface area contributed by atoms with Crippen molar-refractivity contribution in [3.8, 4) is 0 Å². The van der Waals surface area contributed by atoms with Gasteiger partial charge in [0.25, 0.3) is 0 Å². The average molecular weight is 290 g/mol. The Morgan fingerprint density at radius 3 is 2.79 bits per heavy atom. The first-order chi connectivity index (χ1) is 9.16. The van der Waals surface area contributed by atoms with Crippen LogP contribution in [0.1, 0.15) is 29.1 Å². The van der Waals surface area contributed by atoms with Gasteiger partial charge in [-0.3, -0.25) is 0 Å². The first-order valence-corrected chi connectivity index (χ1v) is 7.78. The summed E-state index contributed by atoms with van der Waals surface area (Å²) in [6.07, 6.45) is 1.62. The summed E-state index contributed by atoms with van der Waals surface area (Å²) < 4.78 is 0. The molecular weight excluding hydrogens is 276 g/mol. The highest BCUT2D eigenvalue weighted by Crippen LogP contribution is 2.33. The molecule has 0 aliphatic carbocycles. The number of thiophene rings is 1. The molecule has 98 valence electrons. The summed E-state index contributed by atoms with van der Waals surface area (Å²) in [6.45, 7) is 6.34. The number of hydrogen-bond donors (Lipinski definition) is 1. The predicted octanol–water partition coefficient (Wildman–Crippen LogP) is 3.94. The normalized spacial score (nSPS) is 12.8. The molecule has 0 aliphatic rings. The van der Waals surface area contributed by atoms with Gasteiger partial charge in [0.2, 0.25) is 0 Å². The maximum Gasteiger partial charge on any atom is 0.138 e. The molecule has 19 heavy (non-hydrogen) atoms. The molecular formula is C13H14N4S2. The van der Waals surface area contributed by atoms with Crippen LogP contribution in [0.2, 0.25) is 0 Å². The maximum atomic E-state index is 4.39. The van der Waals surface area contributed by atoms with E-state index in [0.29, 0.717) is 0 Å². The van der Waals surface area contributed by atoms with E-state index in [1.165, 1.54) is 10.4 Å². The lowest BCUT2D eigenvalue weighted by atomic mass is 10.2. The Labute approximate surface area is 119 Å². The van der Waals surface area contributed by atoms with Crippen molar-refractivity contribution in [2.75, 3.05) is 5.32 Å². The Bertz CT molecular complexity index is 703. The fourth-order valence-electron chi connectivity index (χ4n) is 2.01. The molecule has 4 nitrogen and oxygen atoms in total. The second kappa shape index (κ2) is 4.86. The first kappa shape index (κ1) is 12.5. The van der Waals surface area contributed by atoms with Gasteiger partial charge in [-0.25, -0.2) is 15.0 Å². The molecule has 0 amide bonds. The monoisotopic (exact) mass is 290 g/mol. The number of aryl methyl sites for hydroxylation is 2. The molecule has 3 aromatic rings. The van der Waals surface area contributed by atoms with E-state index >= 15 is 0 Å². The minimum absolute atomic E-state index is 0.143. The third-order valence-electron chi connectivity index (χ3n) is 3.21. The summed E-state index contributed by atoms with van der Waals surface area (Å²) in [5.41, 5.74) is 4.15. The van der Waals surface area contributed by atoms with Gasteiger partial charge >= 0.3 is 0 Å². The van der Waals surface area contributed by atoms with Crippen molar-refractivity contribution in [2.24, 2.45) is 0 Å². The molecule has 3 heterocycles. The number of nitrogens with one attached hydrogen (secondary N) is 1. The van der Waals surface area contributed by atoms with Crippen molar-refractivity contribution in [1.82, 2.24) is 15.0 Å². The molecule has 0 saturated carbocycles. The lowest BCUT2D eigenvalue weighted by Gasteiger charge is -2.13.